The van der Waals surface area contributed by atoms with Crippen LogP contribution in [0.1, 0.15) is 44.5 Å². The van der Waals surface area contributed by atoms with Crippen LogP contribution in [0.25, 0.3) is 44.2 Å². The van der Waals surface area contributed by atoms with E-state index in [1.807, 2.05) is 0 Å². The molecule has 0 atom stereocenters. The monoisotopic (exact) mass is 879 g/mol. The molecule has 11 aromatic carbocycles. The highest BCUT2D eigenvalue weighted by Crippen LogP contribution is 2.66. The maximum atomic E-state index is 6.75. The second kappa shape index (κ2) is 14.3. The molecule has 69 heavy (non-hydrogen) atoms. The quantitative estimate of drug-likeness (QED) is 0.176. The number of rotatable bonds is 4. The summed E-state index contributed by atoms with van der Waals surface area (Å²) in [5.74, 6) is 3.53. The van der Waals surface area contributed by atoms with Gasteiger partial charge in [-0.1, -0.05) is 188 Å². The van der Waals surface area contributed by atoms with Gasteiger partial charge in [-0.2, -0.15) is 0 Å². The van der Waals surface area contributed by atoms with Gasteiger partial charge in [0.2, 0.25) is 0 Å². The summed E-state index contributed by atoms with van der Waals surface area (Å²) in [5.41, 5.74) is 18.9. The van der Waals surface area contributed by atoms with E-state index < -0.39 is 10.8 Å². The molecule has 0 N–H and O–H groups in total. The average Bonchev–Trinajstić information content (AvgIpc) is 3.87. The van der Waals surface area contributed by atoms with Crippen molar-refractivity contribution in [2.45, 2.75) is 10.8 Å². The van der Waals surface area contributed by atoms with Gasteiger partial charge in [0.05, 0.1) is 22.2 Å². The first kappa shape index (κ1) is 38.2. The second-order valence-electron chi connectivity index (χ2n) is 18.6. The lowest BCUT2D eigenvalue weighted by atomic mass is 9.66. The van der Waals surface area contributed by atoms with Crippen molar-refractivity contribution in [3.8, 4) is 56.4 Å². The SMILES string of the molecule is c1ccc(-c2ccc(N(c3cccc4c3-c3ccccc3C43c4ccccc4Oc4ccccc43)c3cccc4cc5c(cc34)C3(c4ccccc4Oc4ccccc43)c3ccccc3-5)cc2)cc1. The fourth-order valence-electron chi connectivity index (χ4n) is 12.7. The molecule has 2 aliphatic heterocycles. The number of fused-ring (bicyclic) bond motifs is 19. The van der Waals surface area contributed by atoms with Gasteiger partial charge in [-0.3, -0.25) is 0 Å². The molecule has 4 aliphatic rings. The Morgan fingerprint density at radius 1 is 0.290 bits per heavy atom. The van der Waals surface area contributed by atoms with E-state index in [2.05, 4.69) is 254 Å². The molecule has 2 heterocycles. The van der Waals surface area contributed by atoms with E-state index in [0.29, 0.717) is 0 Å². The third-order valence-corrected chi connectivity index (χ3v) is 15.4. The molecule has 3 nitrogen and oxygen atoms in total. The van der Waals surface area contributed by atoms with E-state index in [1.165, 1.54) is 61.0 Å². The van der Waals surface area contributed by atoms with Gasteiger partial charge >= 0.3 is 0 Å². The first-order valence-corrected chi connectivity index (χ1v) is 23.8. The van der Waals surface area contributed by atoms with Crippen LogP contribution in [0.5, 0.6) is 23.0 Å². The van der Waals surface area contributed by atoms with Gasteiger partial charge in [-0.15, -0.1) is 0 Å². The summed E-state index contributed by atoms with van der Waals surface area (Å²) in [4.78, 5) is 2.52. The molecule has 0 aromatic heterocycles. The van der Waals surface area contributed by atoms with Crippen molar-refractivity contribution in [2.75, 3.05) is 4.90 Å². The highest BCUT2D eigenvalue weighted by Gasteiger charge is 2.53. The summed E-state index contributed by atoms with van der Waals surface area (Å²) >= 11 is 0. The highest BCUT2D eigenvalue weighted by molar-refractivity contribution is 6.07. The van der Waals surface area contributed by atoms with E-state index in [9.17, 15) is 0 Å². The number of hydrogen-bond acceptors (Lipinski definition) is 3. The van der Waals surface area contributed by atoms with Crippen molar-refractivity contribution < 1.29 is 9.47 Å². The Bertz CT molecular complexity index is 3830. The fourth-order valence-corrected chi connectivity index (χ4v) is 12.7. The average molecular weight is 880 g/mol. The molecular formula is C66H41NO2. The zero-order chi connectivity index (χ0) is 45.3. The fraction of sp³-hybridized carbons (Fsp3) is 0.0303. The molecule has 0 unspecified atom stereocenters. The van der Waals surface area contributed by atoms with Crippen molar-refractivity contribution in [1.29, 1.82) is 0 Å². The van der Waals surface area contributed by atoms with Gasteiger partial charge in [0.15, 0.2) is 0 Å². The number of benzene rings is 11. The molecule has 0 fully saturated rings. The summed E-state index contributed by atoms with van der Waals surface area (Å²) in [6.45, 7) is 0. The van der Waals surface area contributed by atoms with E-state index in [1.54, 1.807) is 0 Å². The molecule has 11 aromatic rings. The molecule has 3 heteroatoms. The molecule has 2 spiro atoms. The lowest BCUT2D eigenvalue weighted by molar-refractivity contribution is 0.436. The van der Waals surface area contributed by atoms with E-state index in [4.69, 9.17) is 9.47 Å². The van der Waals surface area contributed by atoms with Gasteiger partial charge in [0.1, 0.15) is 23.0 Å². The van der Waals surface area contributed by atoms with Crippen molar-refractivity contribution in [3.05, 3.63) is 293 Å². The van der Waals surface area contributed by atoms with Crippen molar-refractivity contribution in [3.63, 3.8) is 0 Å². The van der Waals surface area contributed by atoms with Crippen LogP contribution in [0.4, 0.5) is 17.1 Å². The first-order valence-electron chi connectivity index (χ1n) is 23.8. The second-order valence-corrected chi connectivity index (χ2v) is 18.6. The number of ether oxygens (including phenoxy) is 2. The number of hydrogen-bond donors (Lipinski definition) is 0. The summed E-state index contributed by atoms with van der Waals surface area (Å²) in [6.07, 6.45) is 0. The summed E-state index contributed by atoms with van der Waals surface area (Å²) in [5, 5.41) is 2.34. The molecule has 322 valence electrons. The summed E-state index contributed by atoms with van der Waals surface area (Å²) in [7, 11) is 0. The van der Waals surface area contributed by atoms with Crippen LogP contribution in [-0.4, -0.2) is 0 Å². The zero-order valence-electron chi connectivity index (χ0n) is 37.4. The lowest BCUT2D eigenvalue weighted by Gasteiger charge is -2.39. The Balaban J connectivity index is 1.04. The topological polar surface area (TPSA) is 21.7 Å². The number of anilines is 3. The van der Waals surface area contributed by atoms with E-state index in [-0.39, 0.29) is 0 Å². The Morgan fingerprint density at radius 2 is 0.739 bits per heavy atom. The number of para-hydroxylation sites is 4. The molecule has 2 aliphatic carbocycles. The first-order chi connectivity index (χ1) is 34.2. The maximum absolute atomic E-state index is 6.75. The Hall–Kier alpha value is -8.92. The van der Waals surface area contributed by atoms with Crippen LogP contribution < -0.4 is 14.4 Å². The number of nitrogens with zero attached hydrogens (tertiary/aromatic N) is 1. The third kappa shape index (κ3) is 5.06. The maximum Gasteiger partial charge on any atom is 0.132 e. The molecule has 0 amide bonds. The van der Waals surface area contributed by atoms with Crippen molar-refractivity contribution in [1.82, 2.24) is 0 Å². The molecule has 0 saturated carbocycles. The van der Waals surface area contributed by atoms with E-state index >= 15 is 0 Å². The van der Waals surface area contributed by atoms with Crippen molar-refractivity contribution in [2.24, 2.45) is 0 Å². The van der Waals surface area contributed by atoms with Gasteiger partial charge in [0, 0.05) is 38.9 Å². The zero-order valence-corrected chi connectivity index (χ0v) is 37.4. The minimum absolute atomic E-state index is 0.607. The normalized spacial score (nSPS) is 14.3. The van der Waals surface area contributed by atoms with Crippen LogP contribution >= 0.6 is 0 Å². The predicted molar refractivity (Wildman–Crippen MR) is 279 cm³/mol. The van der Waals surface area contributed by atoms with Crippen LogP contribution in [0.2, 0.25) is 0 Å². The van der Waals surface area contributed by atoms with Crippen LogP contribution in [0.3, 0.4) is 0 Å². The van der Waals surface area contributed by atoms with Crippen LogP contribution in [0, 0.1) is 0 Å². The Kier molecular flexibility index (Phi) is 7.92. The van der Waals surface area contributed by atoms with Crippen molar-refractivity contribution >= 4 is 27.8 Å². The van der Waals surface area contributed by atoms with Crippen LogP contribution in [0.15, 0.2) is 249 Å². The van der Waals surface area contributed by atoms with E-state index in [0.717, 1.165) is 67.7 Å². The lowest BCUT2D eigenvalue weighted by Crippen LogP contribution is -2.32. The standard InChI is InChI=1S/C66H41NO2/c1-2-18-42(19-3-1)43-36-38-45(39-37-43)67(59-31-17-29-56-64(59)47-22-5-7-24-51(47)65(56)52-25-8-12-32-60(52)68-61-33-13-9-26-53(61)65)58-30-16-20-44-40-49-46-21-4-6-23-50(46)66(57(49)41-48(44)58)54-27-10-14-34-62(54)69-63-35-15-11-28-55(63)66/h1-41H. The summed E-state index contributed by atoms with van der Waals surface area (Å²) < 4.78 is 13.5. The largest absolute Gasteiger partial charge is 0.457 e. The minimum Gasteiger partial charge on any atom is -0.457 e. The predicted octanol–water partition coefficient (Wildman–Crippen LogP) is 16.9. The molecule has 15 rings (SSSR count). The summed E-state index contributed by atoms with van der Waals surface area (Å²) in [6, 6.07) is 91.0. The Labute approximate surface area is 400 Å². The Morgan fingerprint density at radius 3 is 1.35 bits per heavy atom. The van der Waals surface area contributed by atoms with Gasteiger partial charge < -0.3 is 14.4 Å². The third-order valence-electron chi connectivity index (χ3n) is 15.4. The van der Waals surface area contributed by atoms with Gasteiger partial charge in [-0.05, 0) is 116 Å². The molecule has 0 bridgehead atoms. The molecule has 0 radical (unpaired) electrons. The van der Waals surface area contributed by atoms with Gasteiger partial charge in [0.25, 0.3) is 0 Å². The molecular weight excluding hydrogens is 839 g/mol. The smallest absolute Gasteiger partial charge is 0.132 e. The highest BCUT2D eigenvalue weighted by atomic mass is 16.5. The molecule has 0 saturated heterocycles. The van der Waals surface area contributed by atoms with Gasteiger partial charge in [-0.25, -0.2) is 0 Å². The minimum atomic E-state index is -0.613. The van der Waals surface area contributed by atoms with Crippen LogP contribution in [-0.2, 0) is 10.8 Å².